The number of benzene rings is 1. The lowest BCUT2D eigenvalue weighted by atomic mass is 10.0. The topological polar surface area (TPSA) is 88.1 Å². The number of amides is 2. The van der Waals surface area contributed by atoms with E-state index in [2.05, 4.69) is 5.32 Å². The van der Waals surface area contributed by atoms with Gasteiger partial charge in [0, 0.05) is 31.0 Å². The van der Waals surface area contributed by atoms with Gasteiger partial charge < -0.3 is 19.9 Å². The molecule has 2 heterocycles. The number of β-amino-alcohol motifs (C(OH)–C–C–N with tert-alkyl or cyclic N) is 1. The standard InChI is InChI=1S/C18H21FN2O5/c19-14-9-13(20-15-10-17(23)21(5-6-22)18(15)24)1-2-16(14)26-11-12-3-7-25-8-4-12/h1-2,9-10,12,20,22H,3-8,11H2. The molecule has 8 heteroatoms. The molecule has 0 aliphatic carbocycles. The smallest absolute Gasteiger partial charge is 0.277 e. The first-order chi connectivity index (χ1) is 12.6. The van der Waals surface area contributed by atoms with Crippen LogP contribution in [0, 0.1) is 11.7 Å². The lowest BCUT2D eigenvalue weighted by molar-refractivity contribution is -0.137. The maximum atomic E-state index is 14.2. The third kappa shape index (κ3) is 4.20. The van der Waals surface area contributed by atoms with Gasteiger partial charge in [0.1, 0.15) is 5.70 Å². The van der Waals surface area contributed by atoms with Crippen molar-refractivity contribution in [2.45, 2.75) is 12.8 Å². The molecule has 2 aliphatic rings. The zero-order chi connectivity index (χ0) is 18.5. The van der Waals surface area contributed by atoms with Crippen molar-refractivity contribution in [2.24, 2.45) is 5.92 Å². The Morgan fingerprint density at radius 2 is 2.08 bits per heavy atom. The van der Waals surface area contributed by atoms with Gasteiger partial charge in [0.2, 0.25) is 0 Å². The number of imide groups is 1. The van der Waals surface area contributed by atoms with Crippen LogP contribution in [0.15, 0.2) is 30.0 Å². The zero-order valence-electron chi connectivity index (χ0n) is 14.2. The zero-order valence-corrected chi connectivity index (χ0v) is 14.2. The summed E-state index contributed by atoms with van der Waals surface area (Å²) in [7, 11) is 0. The van der Waals surface area contributed by atoms with E-state index in [4.69, 9.17) is 14.6 Å². The first-order valence-electron chi connectivity index (χ1n) is 8.54. The Morgan fingerprint density at radius 3 is 2.77 bits per heavy atom. The molecular weight excluding hydrogens is 343 g/mol. The molecule has 1 aromatic carbocycles. The van der Waals surface area contributed by atoms with Gasteiger partial charge in [0.25, 0.3) is 11.8 Å². The van der Waals surface area contributed by atoms with Gasteiger partial charge >= 0.3 is 0 Å². The summed E-state index contributed by atoms with van der Waals surface area (Å²) in [6.45, 7) is 1.45. The Hall–Kier alpha value is -2.45. The summed E-state index contributed by atoms with van der Waals surface area (Å²) in [5.74, 6) is -1.11. The molecule has 26 heavy (non-hydrogen) atoms. The van der Waals surface area contributed by atoms with Crippen molar-refractivity contribution < 1.29 is 28.6 Å². The monoisotopic (exact) mass is 364 g/mol. The van der Waals surface area contributed by atoms with E-state index >= 15 is 0 Å². The van der Waals surface area contributed by atoms with Gasteiger partial charge in [-0.05, 0) is 30.9 Å². The fourth-order valence-corrected chi connectivity index (χ4v) is 2.88. The van der Waals surface area contributed by atoms with Crippen LogP contribution in [0.25, 0.3) is 0 Å². The van der Waals surface area contributed by atoms with Crippen LogP contribution in [0.1, 0.15) is 12.8 Å². The van der Waals surface area contributed by atoms with Crippen LogP contribution in [-0.2, 0) is 14.3 Å². The van der Waals surface area contributed by atoms with E-state index in [-0.39, 0.29) is 24.6 Å². The highest BCUT2D eigenvalue weighted by molar-refractivity contribution is 6.17. The van der Waals surface area contributed by atoms with Gasteiger partial charge in [-0.1, -0.05) is 0 Å². The van der Waals surface area contributed by atoms with Crippen LogP contribution in [0.5, 0.6) is 5.75 Å². The number of aliphatic hydroxyl groups excluding tert-OH is 1. The summed E-state index contributed by atoms with van der Waals surface area (Å²) >= 11 is 0. The number of anilines is 1. The highest BCUT2D eigenvalue weighted by atomic mass is 19.1. The molecule has 2 amide bonds. The van der Waals surface area contributed by atoms with E-state index in [0.29, 0.717) is 31.4 Å². The minimum Gasteiger partial charge on any atom is -0.490 e. The second kappa shape index (κ2) is 8.29. The SMILES string of the molecule is O=C1C=C(Nc2ccc(OCC3CCOCC3)c(F)c2)C(=O)N1CCO. The van der Waals surface area contributed by atoms with Crippen molar-refractivity contribution in [3.05, 3.63) is 35.8 Å². The molecule has 1 saturated heterocycles. The van der Waals surface area contributed by atoms with Gasteiger partial charge in [0.15, 0.2) is 11.6 Å². The van der Waals surface area contributed by atoms with Crippen molar-refractivity contribution in [1.82, 2.24) is 4.90 Å². The fourth-order valence-electron chi connectivity index (χ4n) is 2.88. The molecule has 1 fully saturated rings. The number of hydrogen-bond acceptors (Lipinski definition) is 6. The summed E-state index contributed by atoms with van der Waals surface area (Å²) in [4.78, 5) is 24.7. The number of carbonyl (C=O) groups is 2. The molecule has 0 atom stereocenters. The van der Waals surface area contributed by atoms with Crippen LogP contribution in [0.4, 0.5) is 10.1 Å². The van der Waals surface area contributed by atoms with E-state index in [1.807, 2.05) is 0 Å². The molecule has 0 bridgehead atoms. The molecule has 2 N–H and O–H groups in total. The van der Waals surface area contributed by atoms with Gasteiger partial charge in [-0.25, -0.2) is 4.39 Å². The number of ether oxygens (including phenoxy) is 2. The number of aliphatic hydroxyl groups is 1. The lowest BCUT2D eigenvalue weighted by Gasteiger charge is -2.22. The molecule has 7 nitrogen and oxygen atoms in total. The van der Waals surface area contributed by atoms with Gasteiger partial charge in [-0.15, -0.1) is 0 Å². The minimum atomic E-state index is -0.552. The first-order valence-corrected chi connectivity index (χ1v) is 8.54. The predicted octanol–water partition coefficient (Wildman–Crippen LogP) is 1.29. The van der Waals surface area contributed by atoms with Gasteiger partial charge in [0.05, 0.1) is 19.8 Å². The Morgan fingerprint density at radius 1 is 1.31 bits per heavy atom. The van der Waals surface area contributed by atoms with Crippen LogP contribution in [0.2, 0.25) is 0 Å². The molecule has 140 valence electrons. The summed E-state index contributed by atoms with van der Waals surface area (Å²) < 4.78 is 25.1. The number of hydrogen-bond donors (Lipinski definition) is 2. The highest BCUT2D eigenvalue weighted by Crippen LogP contribution is 2.25. The second-order valence-corrected chi connectivity index (χ2v) is 6.21. The van der Waals surface area contributed by atoms with Crippen molar-refractivity contribution in [2.75, 3.05) is 38.3 Å². The van der Waals surface area contributed by atoms with Crippen molar-refractivity contribution in [3.63, 3.8) is 0 Å². The van der Waals surface area contributed by atoms with Crippen LogP contribution in [0.3, 0.4) is 0 Å². The van der Waals surface area contributed by atoms with E-state index in [0.717, 1.165) is 23.8 Å². The Bertz CT molecular complexity index is 716. The van der Waals surface area contributed by atoms with E-state index in [1.165, 1.54) is 12.1 Å². The Balaban J connectivity index is 1.60. The third-order valence-electron chi connectivity index (χ3n) is 4.36. The predicted molar refractivity (Wildman–Crippen MR) is 90.9 cm³/mol. The number of nitrogens with zero attached hydrogens (tertiary/aromatic N) is 1. The maximum Gasteiger partial charge on any atom is 0.277 e. The van der Waals surface area contributed by atoms with E-state index in [1.54, 1.807) is 6.07 Å². The van der Waals surface area contributed by atoms with E-state index in [9.17, 15) is 14.0 Å². The van der Waals surface area contributed by atoms with Crippen LogP contribution in [-0.4, -0.2) is 54.8 Å². The number of halogens is 1. The summed E-state index contributed by atoms with van der Waals surface area (Å²) in [6, 6.07) is 4.28. The fraction of sp³-hybridized carbons (Fsp3) is 0.444. The number of carbonyl (C=O) groups excluding carboxylic acids is 2. The summed E-state index contributed by atoms with van der Waals surface area (Å²) in [5, 5.41) is 11.6. The third-order valence-corrected chi connectivity index (χ3v) is 4.36. The molecular formula is C18H21FN2O5. The van der Waals surface area contributed by atoms with Crippen LogP contribution < -0.4 is 10.1 Å². The summed E-state index contributed by atoms with van der Waals surface area (Å²) in [6.07, 6.45) is 2.93. The maximum absolute atomic E-state index is 14.2. The molecule has 0 unspecified atom stereocenters. The first kappa shape index (κ1) is 18.3. The molecule has 3 rings (SSSR count). The molecule has 1 aromatic rings. The van der Waals surface area contributed by atoms with Crippen molar-refractivity contribution >= 4 is 17.5 Å². The highest BCUT2D eigenvalue weighted by Gasteiger charge is 2.30. The normalized spacial score (nSPS) is 18.2. The van der Waals surface area contributed by atoms with Gasteiger partial charge in [-0.3, -0.25) is 14.5 Å². The quantitative estimate of drug-likeness (QED) is 0.709. The summed E-state index contributed by atoms with van der Waals surface area (Å²) in [5.41, 5.74) is 0.373. The second-order valence-electron chi connectivity index (χ2n) is 6.21. The number of rotatable bonds is 7. The lowest BCUT2D eigenvalue weighted by Crippen LogP contribution is -2.34. The van der Waals surface area contributed by atoms with Crippen molar-refractivity contribution in [1.29, 1.82) is 0 Å². The van der Waals surface area contributed by atoms with Gasteiger partial charge in [-0.2, -0.15) is 0 Å². The molecule has 0 aromatic heterocycles. The minimum absolute atomic E-state index is 0.0405. The number of nitrogens with one attached hydrogen (secondary N) is 1. The Labute approximate surface area is 150 Å². The molecule has 0 radical (unpaired) electrons. The Kier molecular flexibility index (Phi) is 5.85. The average Bonchev–Trinajstić information content (AvgIpc) is 2.90. The molecule has 2 aliphatic heterocycles. The van der Waals surface area contributed by atoms with E-state index < -0.39 is 17.6 Å². The average molecular weight is 364 g/mol. The largest absolute Gasteiger partial charge is 0.490 e. The van der Waals surface area contributed by atoms with Crippen LogP contribution >= 0.6 is 0 Å². The van der Waals surface area contributed by atoms with Crippen molar-refractivity contribution in [3.8, 4) is 5.75 Å². The molecule has 0 spiro atoms. The molecule has 0 saturated carbocycles.